The maximum Gasteiger partial charge on any atom is 0.308 e. The van der Waals surface area contributed by atoms with Crippen LogP contribution in [0.25, 0.3) is 10.9 Å². The van der Waals surface area contributed by atoms with E-state index < -0.39 is 5.97 Å². The van der Waals surface area contributed by atoms with E-state index in [9.17, 15) is 14.4 Å². The number of para-hydroxylation sites is 1. The largest absolute Gasteiger partial charge is 0.456 e. The van der Waals surface area contributed by atoms with Gasteiger partial charge >= 0.3 is 5.97 Å². The number of H-pyrrole nitrogens is 1. The number of benzene rings is 1. The number of amides is 2. The zero-order chi connectivity index (χ0) is 19.6. The number of aromatic nitrogens is 2. The Bertz CT molecular complexity index is 833. The molecule has 0 aliphatic rings. The first-order chi connectivity index (χ1) is 13.1. The minimum absolute atomic E-state index is 0.0513. The molecule has 0 aliphatic carbocycles. The third-order valence-corrected chi connectivity index (χ3v) is 3.71. The fourth-order valence-corrected chi connectivity index (χ4v) is 2.39. The van der Waals surface area contributed by atoms with Crippen LogP contribution in [0.2, 0.25) is 0 Å². The van der Waals surface area contributed by atoms with Crippen molar-refractivity contribution >= 4 is 28.7 Å². The Labute approximate surface area is 156 Å². The van der Waals surface area contributed by atoms with E-state index >= 15 is 0 Å². The van der Waals surface area contributed by atoms with Crippen molar-refractivity contribution in [3.63, 3.8) is 0 Å². The first kappa shape index (κ1) is 19.9. The number of esters is 1. The maximum absolute atomic E-state index is 12.2. The van der Waals surface area contributed by atoms with Gasteiger partial charge < -0.3 is 15.0 Å². The van der Waals surface area contributed by atoms with Gasteiger partial charge in [0, 0.05) is 25.0 Å². The van der Waals surface area contributed by atoms with Crippen LogP contribution in [0.3, 0.4) is 0 Å². The summed E-state index contributed by atoms with van der Waals surface area (Å²) < 4.78 is 4.95. The Morgan fingerprint density at radius 1 is 1.19 bits per heavy atom. The summed E-state index contributed by atoms with van der Waals surface area (Å²) in [5, 5.41) is 10.1. The van der Waals surface area contributed by atoms with Crippen molar-refractivity contribution in [1.29, 1.82) is 0 Å². The lowest BCUT2D eigenvalue weighted by Gasteiger charge is -2.18. The second kappa shape index (κ2) is 9.91. The summed E-state index contributed by atoms with van der Waals surface area (Å²) >= 11 is 0. The van der Waals surface area contributed by atoms with Crippen LogP contribution < -0.4 is 5.32 Å². The molecule has 0 radical (unpaired) electrons. The SMILES string of the molecule is C=CCN(CC=C)C(=O)COC(=O)CCNC(=O)c1n[nH]c2ccccc12. The van der Waals surface area contributed by atoms with E-state index in [4.69, 9.17) is 4.74 Å². The molecule has 0 fully saturated rings. The van der Waals surface area contributed by atoms with Gasteiger partial charge in [0.1, 0.15) is 0 Å². The second-order valence-electron chi connectivity index (χ2n) is 5.66. The molecule has 1 aromatic carbocycles. The van der Waals surface area contributed by atoms with E-state index in [0.29, 0.717) is 18.5 Å². The van der Waals surface area contributed by atoms with E-state index in [1.54, 1.807) is 18.2 Å². The Balaban J connectivity index is 1.75. The summed E-state index contributed by atoms with van der Waals surface area (Å²) in [5.41, 5.74) is 1.02. The molecule has 0 spiro atoms. The van der Waals surface area contributed by atoms with Crippen LogP contribution in [-0.2, 0) is 14.3 Å². The number of ether oxygens (including phenoxy) is 1. The van der Waals surface area contributed by atoms with Gasteiger partial charge in [-0.25, -0.2) is 0 Å². The molecule has 0 bridgehead atoms. The molecule has 2 amide bonds. The van der Waals surface area contributed by atoms with Crippen molar-refractivity contribution in [2.24, 2.45) is 0 Å². The van der Waals surface area contributed by atoms with Gasteiger partial charge in [0.15, 0.2) is 12.3 Å². The molecule has 8 heteroatoms. The van der Waals surface area contributed by atoms with Gasteiger partial charge in [-0.3, -0.25) is 19.5 Å². The van der Waals surface area contributed by atoms with Crippen LogP contribution in [0.15, 0.2) is 49.6 Å². The lowest BCUT2D eigenvalue weighted by atomic mass is 10.2. The highest BCUT2D eigenvalue weighted by atomic mass is 16.5. The van der Waals surface area contributed by atoms with Gasteiger partial charge in [0.2, 0.25) is 0 Å². The molecule has 27 heavy (non-hydrogen) atoms. The highest BCUT2D eigenvalue weighted by Crippen LogP contribution is 2.14. The molecular formula is C19H22N4O4. The van der Waals surface area contributed by atoms with Crippen LogP contribution in [-0.4, -0.2) is 59.1 Å². The predicted molar refractivity (Wildman–Crippen MR) is 101 cm³/mol. The Kier molecular flexibility index (Phi) is 7.30. The van der Waals surface area contributed by atoms with Crippen molar-refractivity contribution < 1.29 is 19.1 Å². The topological polar surface area (TPSA) is 104 Å². The van der Waals surface area contributed by atoms with Crippen molar-refractivity contribution in [3.8, 4) is 0 Å². The number of hydrogen-bond donors (Lipinski definition) is 2. The number of carbonyl (C=O) groups is 3. The standard InChI is InChI=1S/C19H22N4O4/c1-3-11-23(12-4-2)16(24)13-27-17(25)9-10-20-19(26)18-14-7-5-6-8-15(14)21-22-18/h3-8H,1-2,9-13H2,(H,20,26)(H,21,22). The van der Waals surface area contributed by atoms with Crippen LogP contribution >= 0.6 is 0 Å². The average molecular weight is 370 g/mol. The second-order valence-corrected chi connectivity index (χ2v) is 5.66. The molecule has 2 aromatic rings. The fourth-order valence-electron chi connectivity index (χ4n) is 2.39. The van der Waals surface area contributed by atoms with Crippen molar-refractivity contribution in [1.82, 2.24) is 20.4 Å². The monoisotopic (exact) mass is 370 g/mol. The molecule has 0 saturated heterocycles. The number of nitrogens with zero attached hydrogens (tertiary/aromatic N) is 2. The van der Waals surface area contributed by atoms with Crippen LogP contribution in [0.1, 0.15) is 16.9 Å². The first-order valence-electron chi connectivity index (χ1n) is 8.43. The molecule has 2 N–H and O–H groups in total. The van der Waals surface area contributed by atoms with Gasteiger partial charge in [-0.05, 0) is 6.07 Å². The van der Waals surface area contributed by atoms with E-state index in [2.05, 4.69) is 28.7 Å². The predicted octanol–water partition coefficient (Wildman–Crippen LogP) is 1.43. The quantitative estimate of drug-likeness (QED) is 0.486. The minimum atomic E-state index is -0.576. The molecule has 2 rings (SSSR count). The molecule has 0 atom stereocenters. The minimum Gasteiger partial charge on any atom is -0.456 e. The fraction of sp³-hybridized carbons (Fsp3) is 0.263. The van der Waals surface area contributed by atoms with E-state index in [-0.39, 0.29) is 37.1 Å². The third kappa shape index (κ3) is 5.53. The Hall–Kier alpha value is -3.42. The smallest absolute Gasteiger partial charge is 0.308 e. The number of nitrogens with one attached hydrogen (secondary N) is 2. The van der Waals surface area contributed by atoms with Gasteiger partial charge in [-0.1, -0.05) is 30.4 Å². The van der Waals surface area contributed by atoms with Crippen molar-refractivity contribution in [2.45, 2.75) is 6.42 Å². The van der Waals surface area contributed by atoms with Crippen molar-refractivity contribution in [3.05, 3.63) is 55.3 Å². The number of carbonyl (C=O) groups excluding carboxylic acids is 3. The van der Waals surface area contributed by atoms with E-state index in [1.165, 1.54) is 4.90 Å². The summed E-state index contributed by atoms with van der Waals surface area (Å²) in [6, 6.07) is 7.25. The summed E-state index contributed by atoms with van der Waals surface area (Å²) in [6.45, 7) is 7.55. The normalized spacial score (nSPS) is 10.2. The number of rotatable bonds is 10. The summed E-state index contributed by atoms with van der Waals surface area (Å²) in [5.74, 6) is -1.30. The average Bonchev–Trinajstić information content (AvgIpc) is 3.10. The Morgan fingerprint density at radius 2 is 1.89 bits per heavy atom. The molecule has 1 heterocycles. The molecular weight excluding hydrogens is 348 g/mol. The van der Waals surface area contributed by atoms with Crippen LogP contribution in [0.5, 0.6) is 0 Å². The number of hydrogen-bond acceptors (Lipinski definition) is 5. The highest BCUT2D eigenvalue weighted by molar-refractivity contribution is 6.04. The molecule has 8 nitrogen and oxygen atoms in total. The molecule has 142 valence electrons. The third-order valence-electron chi connectivity index (χ3n) is 3.71. The summed E-state index contributed by atoms with van der Waals surface area (Å²) in [6.07, 6.45) is 3.11. The van der Waals surface area contributed by atoms with Gasteiger partial charge in [0.25, 0.3) is 11.8 Å². The molecule has 0 saturated carbocycles. The lowest BCUT2D eigenvalue weighted by molar-refractivity contribution is -0.151. The molecule has 1 aromatic heterocycles. The lowest BCUT2D eigenvalue weighted by Crippen LogP contribution is -2.35. The zero-order valence-corrected chi connectivity index (χ0v) is 14.9. The molecule has 0 aliphatic heterocycles. The summed E-state index contributed by atoms with van der Waals surface area (Å²) in [4.78, 5) is 37.4. The molecule has 0 unspecified atom stereocenters. The first-order valence-corrected chi connectivity index (χ1v) is 8.43. The summed E-state index contributed by atoms with van der Waals surface area (Å²) in [7, 11) is 0. The number of aromatic amines is 1. The maximum atomic E-state index is 12.2. The van der Waals surface area contributed by atoms with E-state index in [0.717, 1.165) is 5.52 Å². The zero-order valence-electron chi connectivity index (χ0n) is 14.9. The number of fused-ring (bicyclic) bond motifs is 1. The highest BCUT2D eigenvalue weighted by Gasteiger charge is 2.15. The van der Waals surface area contributed by atoms with Gasteiger partial charge in [-0.15, -0.1) is 13.2 Å². The van der Waals surface area contributed by atoms with Gasteiger partial charge in [-0.2, -0.15) is 5.10 Å². The van der Waals surface area contributed by atoms with Crippen LogP contribution in [0, 0.1) is 0 Å². The van der Waals surface area contributed by atoms with Gasteiger partial charge in [0.05, 0.1) is 11.9 Å². The van der Waals surface area contributed by atoms with Crippen molar-refractivity contribution in [2.75, 3.05) is 26.2 Å². The Morgan fingerprint density at radius 3 is 2.59 bits per heavy atom. The van der Waals surface area contributed by atoms with Crippen LogP contribution in [0.4, 0.5) is 0 Å². The van der Waals surface area contributed by atoms with E-state index in [1.807, 2.05) is 18.2 Å².